The maximum atomic E-state index is 5.65. The van der Waals surface area contributed by atoms with Crippen LogP contribution in [0.3, 0.4) is 0 Å². The van der Waals surface area contributed by atoms with Crippen LogP contribution in [0.15, 0.2) is 4.42 Å². The molecular formula is C12H22ClN3O. The van der Waals surface area contributed by atoms with E-state index in [2.05, 4.69) is 35.9 Å². The van der Waals surface area contributed by atoms with Crippen LogP contribution in [0, 0.1) is 5.92 Å². The second-order valence-electron chi connectivity index (χ2n) is 4.14. The van der Waals surface area contributed by atoms with E-state index in [1.165, 1.54) is 12.8 Å². The fourth-order valence-corrected chi connectivity index (χ4v) is 1.92. The Labute approximate surface area is 108 Å². The van der Waals surface area contributed by atoms with Crippen LogP contribution in [-0.4, -0.2) is 29.2 Å². The van der Waals surface area contributed by atoms with Gasteiger partial charge in [0.25, 0.3) is 0 Å². The zero-order valence-electron chi connectivity index (χ0n) is 10.9. The summed E-state index contributed by atoms with van der Waals surface area (Å²) in [7, 11) is 0. The van der Waals surface area contributed by atoms with Crippen LogP contribution in [0.5, 0.6) is 0 Å². The van der Waals surface area contributed by atoms with Gasteiger partial charge in [-0.2, -0.15) is 0 Å². The molecule has 0 aliphatic carbocycles. The van der Waals surface area contributed by atoms with E-state index in [4.69, 9.17) is 16.0 Å². The zero-order valence-corrected chi connectivity index (χ0v) is 11.7. The first-order chi connectivity index (χ1) is 8.24. The third kappa shape index (κ3) is 4.19. The molecule has 0 atom stereocenters. The summed E-state index contributed by atoms with van der Waals surface area (Å²) in [6.07, 6.45) is 2.99. The van der Waals surface area contributed by atoms with Crippen molar-refractivity contribution < 1.29 is 4.42 Å². The lowest BCUT2D eigenvalue weighted by atomic mass is 10.0. The third-order valence-electron chi connectivity index (χ3n) is 3.05. The topological polar surface area (TPSA) is 42.2 Å². The normalized spacial score (nSPS) is 11.1. The maximum absolute atomic E-state index is 5.65. The van der Waals surface area contributed by atoms with E-state index in [-0.39, 0.29) is 0 Å². The summed E-state index contributed by atoms with van der Waals surface area (Å²) in [5.41, 5.74) is 0. The molecule has 4 nitrogen and oxygen atoms in total. The lowest BCUT2D eigenvalue weighted by Gasteiger charge is -2.23. The van der Waals surface area contributed by atoms with Gasteiger partial charge in [0.1, 0.15) is 0 Å². The molecule has 0 bridgehead atoms. The van der Waals surface area contributed by atoms with Gasteiger partial charge in [-0.3, -0.25) is 0 Å². The van der Waals surface area contributed by atoms with Crippen LogP contribution in [0.1, 0.15) is 39.5 Å². The summed E-state index contributed by atoms with van der Waals surface area (Å²) >= 11 is 5.65. The van der Waals surface area contributed by atoms with Crippen molar-refractivity contribution in [2.24, 2.45) is 5.92 Å². The van der Waals surface area contributed by atoms with Crippen molar-refractivity contribution in [1.82, 2.24) is 10.2 Å². The van der Waals surface area contributed by atoms with E-state index in [1.54, 1.807) is 0 Å². The predicted octanol–water partition coefficient (Wildman–Crippen LogP) is 3.11. The van der Waals surface area contributed by atoms with Crippen molar-refractivity contribution in [1.29, 1.82) is 0 Å². The van der Waals surface area contributed by atoms with Gasteiger partial charge in [-0.25, -0.2) is 0 Å². The molecule has 1 aromatic rings. The third-order valence-corrected chi connectivity index (χ3v) is 3.24. The summed E-state index contributed by atoms with van der Waals surface area (Å²) in [5, 5.41) is 8.07. The summed E-state index contributed by atoms with van der Waals surface area (Å²) in [4.78, 5) is 2.14. The number of rotatable bonds is 8. The SMILES string of the molecule is CCC(CC)CN(CC)c1nnc(CCCl)o1. The Balaban J connectivity index is 2.64. The highest BCUT2D eigenvalue weighted by atomic mass is 35.5. The van der Waals surface area contributed by atoms with Crippen LogP contribution in [-0.2, 0) is 6.42 Å². The van der Waals surface area contributed by atoms with Crippen molar-refractivity contribution in [2.45, 2.75) is 40.0 Å². The van der Waals surface area contributed by atoms with Gasteiger partial charge in [0.2, 0.25) is 5.89 Å². The molecule has 0 N–H and O–H groups in total. The molecule has 0 saturated carbocycles. The standard InChI is InChI=1S/C12H22ClN3O/c1-4-10(5-2)9-16(6-3)12-15-14-11(17-12)7-8-13/h10H,4-9H2,1-3H3. The number of nitrogens with zero attached hydrogens (tertiary/aromatic N) is 3. The van der Waals surface area contributed by atoms with Gasteiger partial charge < -0.3 is 9.32 Å². The zero-order chi connectivity index (χ0) is 12.7. The van der Waals surface area contributed by atoms with E-state index in [9.17, 15) is 0 Å². The molecule has 0 aliphatic heterocycles. The number of halogens is 1. The first-order valence-corrected chi connectivity index (χ1v) is 6.91. The second kappa shape index (κ2) is 7.54. The van der Waals surface area contributed by atoms with Crippen LogP contribution >= 0.6 is 11.6 Å². The summed E-state index contributed by atoms with van der Waals surface area (Å²) in [6.45, 7) is 8.41. The predicted molar refractivity (Wildman–Crippen MR) is 70.7 cm³/mol. The molecule has 0 spiro atoms. The molecule has 1 aromatic heterocycles. The van der Waals surface area contributed by atoms with Gasteiger partial charge in [-0.05, 0) is 12.8 Å². The Morgan fingerprint density at radius 3 is 2.47 bits per heavy atom. The Kier molecular flexibility index (Phi) is 6.34. The first-order valence-electron chi connectivity index (χ1n) is 6.38. The van der Waals surface area contributed by atoms with Crippen molar-refractivity contribution in [2.75, 3.05) is 23.9 Å². The quantitative estimate of drug-likeness (QED) is 0.673. The number of anilines is 1. The number of alkyl halides is 1. The average Bonchev–Trinajstić information content (AvgIpc) is 2.80. The van der Waals surface area contributed by atoms with Crippen LogP contribution in [0.25, 0.3) is 0 Å². The molecule has 0 fully saturated rings. The fourth-order valence-electron chi connectivity index (χ4n) is 1.76. The van der Waals surface area contributed by atoms with Gasteiger partial charge in [-0.1, -0.05) is 31.8 Å². The molecule has 1 heterocycles. The monoisotopic (exact) mass is 259 g/mol. The summed E-state index contributed by atoms with van der Waals surface area (Å²) in [5.74, 6) is 1.82. The minimum Gasteiger partial charge on any atom is -0.408 e. The minimum absolute atomic E-state index is 0.514. The van der Waals surface area contributed by atoms with E-state index in [1.807, 2.05) is 0 Å². The number of hydrogen-bond acceptors (Lipinski definition) is 4. The van der Waals surface area contributed by atoms with Crippen LogP contribution in [0.4, 0.5) is 6.01 Å². The average molecular weight is 260 g/mol. The van der Waals surface area contributed by atoms with Gasteiger partial charge in [-0.15, -0.1) is 16.7 Å². The second-order valence-corrected chi connectivity index (χ2v) is 4.52. The highest BCUT2D eigenvalue weighted by Crippen LogP contribution is 2.17. The molecular weight excluding hydrogens is 238 g/mol. The molecule has 98 valence electrons. The fraction of sp³-hybridized carbons (Fsp3) is 0.833. The van der Waals surface area contributed by atoms with Gasteiger partial charge in [0, 0.05) is 25.4 Å². The largest absolute Gasteiger partial charge is 0.408 e. The lowest BCUT2D eigenvalue weighted by Crippen LogP contribution is -2.29. The smallest absolute Gasteiger partial charge is 0.318 e. The Bertz CT molecular complexity index is 312. The highest BCUT2D eigenvalue weighted by Gasteiger charge is 2.16. The highest BCUT2D eigenvalue weighted by molar-refractivity contribution is 6.17. The number of hydrogen-bond donors (Lipinski definition) is 0. The van der Waals surface area contributed by atoms with E-state index in [0.717, 1.165) is 13.1 Å². The molecule has 0 aliphatic rings. The van der Waals surface area contributed by atoms with E-state index in [0.29, 0.717) is 30.1 Å². The molecule has 17 heavy (non-hydrogen) atoms. The molecule has 5 heteroatoms. The molecule has 0 radical (unpaired) electrons. The van der Waals surface area contributed by atoms with Crippen molar-refractivity contribution in [3.63, 3.8) is 0 Å². The summed E-state index contributed by atoms with van der Waals surface area (Å²) < 4.78 is 5.59. The van der Waals surface area contributed by atoms with Crippen molar-refractivity contribution >= 4 is 17.6 Å². The van der Waals surface area contributed by atoms with Crippen LogP contribution < -0.4 is 4.90 Å². The Hall–Kier alpha value is -0.770. The van der Waals surface area contributed by atoms with Gasteiger partial charge in [0.05, 0.1) is 0 Å². The first kappa shape index (κ1) is 14.3. The van der Waals surface area contributed by atoms with Gasteiger partial charge >= 0.3 is 6.01 Å². The molecule has 1 rings (SSSR count). The van der Waals surface area contributed by atoms with E-state index < -0.39 is 0 Å². The van der Waals surface area contributed by atoms with Gasteiger partial charge in [0.15, 0.2) is 0 Å². The molecule has 0 unspecified atom stereocenters. The minimum atomic E-state index is 0.514. The number of aryl methyl sites for hydroxylation is 1. The number of aromatic nitrogens is 2. The van der Waals surface area contributed by atoms with Crippen molar-refractivity contribution in [3.05, 3.63) is 5.89 Å². The van der Waals surface area contributed by atoms with E-state index >= 15 is 0 Å². The molecule has 0 aromatic carbocycles. The molecule has 0 amide bonds. The van der Waals surface area contributed by atoms with Crippen LogP contribution in [0.2, 0.25) is 0 Å². The summed E-state index contributed by atoms with van der Waals surface area (Å²) in [6, 6.07) is 0.625. The molecule has 0 saturated heterocycles. The Morgan fingerprint density at radius 2 is 1.94 bits per heavy atom. The van der Waals surface area contributed by atoms with Crippen molar-refractivity contribution in [3.8, 4) is 0 Å². The lowest BCUT2D eigenvalue weighted by molar-refractivity contribution is 0.444. The Morgan fingerprint density at radius 1 is 1.24 bits per heavy atom. The maximum Gasteiger partial charge on any atom is 0.318 e.